The van der Waals surface area contributed by atoms with Crippen LogP contribution in [0.5, 0.6) is 0 Å². The summed E-state index contributed by atoms with van der Waals surface area (Å²) in [6.07, 6.45) is 12.2. The standard InChI is InChI=1S/C26H31F2N/c1-2-3-4-5-19-6-8-20(9-7-19)10-11-22-16-24(27)26(25(28)17-22)23-14-12-21(18-29)13-15-23/h12-17,19-20H,2-11H2,1H3. The molecule has 0 saturated heterocycles. The lowest BCUT2D eigenvalue weighted by Gasteiger charge is -2.28. The number of nitrogens with zero attached hydrogens (tertiary/aromatic N) is 1. The third kappa shape index (κ3) is 5.89. The van der Waals surface area contributed by atoms with Gasteiger partial charge in [-0.2, -0.15) is 5.26 Å². The van der Waals surface area contributed by atoms with Crippen LogP contribution in [0.2, 0.25) is 0 Å². The Bertz CT molecular complexity index is 804. The molecular weight excluding hydrogens is 364 g/mol. The maximum atomic E-state index is 14.6. The summed E-state index contributed by atoms with van der Waals surface area (Å²) in [4.78, 5) is 0. The maximum absolute atomic E-state index is 14.6. The lowest BCUT2D eigenvalue weighted by molar-refractivity contribution is 0.249. The van der Waals surface area contributed by atoms with Crippen molar-refractivity contribution in [3.05, 3.63) is 59.2 Å². The molecule has 0 heterocycles. The minimum Gasteiger partial charge on any atom is -0.206 e. The second kappa shape index (κ2) is 10.5. The molecule has 1 aliphatic rings. The van der Waals surface area contributed by atoms with Crippen molar-refractivity contribution in [2.24, 2.45) is 11.8 Å². The highest BCUT2D eigenvalue weighted by Gasteiger charge is 2.21. The molecule has 2 aromatic carbocycles. The number of benzene rings is 2. The van der Waals surface area contributed by atoms with Gasteiger partial charge in [-0.05, 0) is 60.1 Å². The second-order valence-corrected chi connectivity index (χ2v) is 8.54. The molecule has 1 aliphatic carbocycles. The van der Waals surface area contributed by atoms with Crippen molar-refractivity contribution in [3.8, 4) is 17.2 Å². The Balaban J connectivity index is 1.55. The Kier molecular flexibility index (Phi) is 7.81. The lowest BCUT2D eigenvalue weighted by Crippen LogP contribution is -2.15. The smallest absolute Gasteiger partial charge is 0.134 e. The molecule has 0 unspecified atom stereocenters. The molecule has 0 aromatic heterocycles. The SMILES string of the molecule is CCCCCC1CCC(CCc2cc(F)c(-c3ccc(C#N)cc3)c(F)c2)CC1. The van der Waals surface area contributed by atoms with Crippen molar-refractivity contribution < 1.29 is 8.78 Å². The van der Waals surface area contributed by atoms with Gasteiger partial charge in [-0.25, -0.2) is 8.78 Å². The minimum atomic E-state index is -0.524. The Hall–Kier alpha value is -2.21. The largest absolute Gasteiger partial charge is 0.206 e. The summed E-state index contributed by atoms with van der Waals surface area (Å²) in [5.41, 5.74) is 1.67. The first-order chi connectivity index (χ1) is 14.1. The predicted molar refractivity (Wildman–Crippen MR) is 114 cm³/mol. The molecule has 29 heavy (non-hydrogen) atoms. The van der Waals surface area contributed by atoms with Gasteiger partial charge in [0.25, 0.3) is 0 Å². The Morgan fingerprint density at radius 1 is 0.897 bits per heavy atom. The van der Waals surface area contributed by atoms with E-state index in [9.17, 15) is 8.78 Å². The van der Waals surface area contributed by atoms with E-state index in [1.54, 1.807) is 24.3 Å². The van der Waals surface area contributed by atoms with E-state index in [4.69, 9.17) is 5.26 Å². The number of unbranched alkanes of at least 4 members (excludes halogenated alkanes) is 2. The molecule has 1 nitrogen and oxygen atoms in total. The van der Waals surface area contributed by atoms with Gasteiger partial charge in [0.05, 0.1) is 17.2 Å². The summed E-state index contributed by atoms with van der Waals surface area (Å²) >= 11 is 0. The van der Waals surface area contributed by atoms with Crippen LogP contribution in [-0.2, 0) is 6.42 Å². The van der Waals surface area contributed by atoms with Crippen LogP contribution in [-0.4, -0.2) is 0 Å². The summed E-state index contributed by atoms with van der Waals surface area (Å²) < 4.78 is 29.3. The van der Waals surface area contributed by atoms with Gasteiger partial charge in [-0.3, -0.25) is 0 Å². The molecule has 0 spiro atoms. The van der Waals surface area contributed by atoms with E-state index in [1.165, 1.54) is 63.5 Å². The third-order valence-corrected chi connectivity index (χ3v) is 6.43. The summed E-state index contributed by atoms with van der Waals surface area (Å²) in [7, 11) is 0. The molecule has 2 aromatic rings. The lowest BCUT2D eigenvalue weighted by atomic mass is 9.77. The third-order valence-electron chi connectivity index (χ3n) is 6.43. The average molecular weight is 396 g/mol. The van der Waals surface area contributed by atoms with Crippen molar-refractivity contribution in [3.63, 3.8) is 0 Å². The van der Waals surface area contributed by atoms with Gasteiger partial charge in [0.15, 0.2) is 0 Å². The normalized spacial score (nSPS) is 19.1. The summed E-state index contributed by atoms with van der Waals surface area (Å²) in [5, 5.41) is 8.88. The highest BCUT2D eigenvalue weighted by molar-refractivity contribution is 5.66. The van der Waals surface area contributed by atoms with Crippen molar-refractivity contribution in [2.45, 2.75) is 71.1 Å². The van der Waals surface area contributed by atoms with E-state index >= 15 is 0 Å². The molecule has 3 rings (SSSR count). The number of rotatable bonds is 8. The van der Waals surface area contributed by atoms with Crippen LogP contribution in [0.15, 0.2) is 36.4 Å². The first kappa shape index (κ1) is 21.5. The van der Waals surface area contributed by atoms with Gasteiger partial charge in [-0.1, -0.05) is 70.4 Å². The van der Waals surface area contributed by atoms with Crippen LogP contribution in [0.4, 0.5) is 8.78 Å². The molecule has 0 aliphatic heterocycles. The molecule has 0 N–H and O–H groups in total. The number of aryl methyl sites for hydroxylation is 1. The van der Waals surface area contributed by atoms with Gasteiger partial charge in [0, 0.05) is 0 Å². The van der Waals surface area contributed by atoms with E-state index in [1.807, 2.05) is 6.07 Å². The Morgan fingerprint density at radius 3 is 2.03 bits per heavy atom. The molecule has 0 atom stereocenters. The zero-order valence-electron chi connectivity index (χ0n) is 17.4. The predicted octanol–water partition coefficient (Wildman–Crippen LogP) is 7.82. The summed E-state index contributed by atoms with van der Waals surface area (Å²) in [6.45, 7) is 2.25. The van der Waals surface area contributed by atoms with Gasteiger partial charge in [0.1, 0.15) is 11.6 Å². The monoisotopic (exact) mass is 395 g/mol. The minimum absolute atomic E-state index is 0.00849. The van der Waals surface area contributed by atoms with Crippen LogP contribution in [0, 0.1) is 34.8 Å². The maximum Gasteiger partial charge on any atom is 0.134 e. The van der Waals surface area contributed by atoms with Crippen LogP contribution in [0.25, 0.3) is 11.1 Å². The number of hydrogen-bond acceptors (Lipinski definition) is 1. The first-order valence-electron chi connectivity index (χ1n) is 11.1. The van der Waals surface area contributed by atoms with Gasteiger partial charge >= 0.3 is 0 Å². The van der Waals surface area contributed by atoms with E-state index in [-0.39, 0.29) is 5.56 Å². The quantitative estimate of drug-likeness (QED) is 0.418. The van der Waals surface area contributed by atoms with E-state index in [2.05, 4.69) is 6.92 Å². The fourth-order valence-electron chi connectivity index (χ4n) is 4.62. The number of nitriles is 1. The second-order valence-electron chi connectivity index (χ2n) is 8.54. The van der Waals surface area contributed by atoms with Crippen LogP contribution in [0.3, 0.4) is 0 Å². The van der Waals surface area contributed by atoms with Crippen molar-refractivity contribution in [1.82, 2.24) is 0 Å². The Morgan fingerprint density at radius 2 is 1.48 bits per heavy atom. The van der Waals surface area contributed by atoms with Gasteiger partial charge < -0.3 is 0 Å². The van der Waals surface area contributed by atoms with Crippen LogP contribution < -0.4 is 0 Å². The number of hydrogen-bond donors (Lipinski definition) is 0. The number of halogens is 2. The van der Waals surface area contributed by atoms with Gasteiger partial charge in [0.2, 0.25) is 0 Å². The summed E-state index contributed by atoms with van der Waals surface area (Å²) in [5.74, 6) is 0.523. The average Bonchev–Trinajstić information content (AvgIpc) is 2.73. The molecular formula is C26H31F2N. The van der Waals surface area contributed by atoms with E-state index in [0.717, 1.165) is 24.3 Å². The molecule has 0 amide bonds. The molecule has 1 fully saturated rings. The van der Waals surface area contributed by atoms with E-state index < -0.39 is 11.6 Å². The summed E-state index contributed by atoms with van der Waals surface area (Å²) in [6, 6.07) is 11.3. The van der Waals surface area contributed by atoms with E-state index in [0.29, 0.717) is 17.0 Å². The molecule has 0 bridgehead atoms. The Labute approximate surface area is 173 Å². The fourth-order valence-corrected chi connectivity index (χ4v) is 4.62. The fraction of sp³-hybridized carbons (Fsp3) is 0.500. The molecule has 3 heteroatoms. The van der Waals surface area contributed by atoms with Crippen LogP contribution in [0.1, 0.15) is 75.8 Å². The van der Waals surface area contributed by atoms with Crippen molar-refractivity contribution in [1.29, 1.82) is 5.26 Å². The highest BCUT2D eigenvalue weighted by Crippen LogP contribution is 2.35. The van der Waals surface area contributed by atoms with Crippen molar-refractivity contribution in [2.75, 3.05) is 0 Å². The molecule has 0 radical (unpaired) electrons. The van der Waals surface area contributed by atoms with Crippen LogP contribution >= 0.6 is 0 Å². The first-order valence-corrected chi connectivity index (χ1v) is 11.1. The molecule has 1 saturated carbocycles. The zero-order valence-corrected chi connectivity index (χ0v) is 17.4. The molecule has 154 valence electrons. The van der Waals surface area contributed by atoms with Gasteiger partial charge in [-0.15, -0.1) is 0 Å². The topological polar surface area (TPSA) is 23.8 Å². The highest BCUT2D eigenvalue weighted by atomic mass is 19.1. The van der Waals surface area contributed by atoms with Crippen molar-refractivity contribution >= 4 is 0 Å². The zero-order chi connectivity index (χ0) is 20.6.